The molecule has 0 nitrogen and oxygen atoms in total. The normalized spacial score (nSPS) is 15.5. The van der Waals surface area contributed by atoms with Crippen LogP contribution in [-0.2, 0) is 6.42 Å². The average molecular weight is 387 g/mol. The molecule has 3 rings (SSSR count). The molecule has 0 aromatic heterocycles. The van der Waals surface area contributed by atoms with E-state index in [9.17, 15) is 4.39 Å². The Hall–Kier alpha value is -1.63. The molecule has 0 amide bonds. The zero-order chi connectivity index (χ0) is 16.9. The van der Waals surface area contributed by atoms with Crippen molar-refractivity contribution in [3.05, 3.63) is 76.0 Å². The van der Waals surface area contributed by atoms with E-state index in [1.54, 1.807) is 10.5 Å². The molecule has 24 heavy (non-hydrogen) atoms. The summed E-state index contributed by atoms with van der Waals surface area (Å²) in [5, 5.41) is 0. The number of allylic oxidation sites excluding steroid dienone is 3. The Labute approximate surface area is 150 Å². The molecule has 2 heteroatoms. The fourth-order valence-corrected chi connectivity index (χ4v) is 5.72. The van der Waals surface area contributed by atoms with Gasteiger partial charge in [0.2, 0.25) is 0 Å². The summed E-state index contributed by atoms with van der Waals surface area (Å²) in [5.41, 5.74) is 4.14. The first-order chi connectivity index (χ1) is 11.7. The number of halogens is 1. The van der Waals surface area contributed by atoms with Gasteiger partial charge >= 0.3 is 151 Å². The van der Waals surface area contributed by atoms with Crippen molar-refractivity contribution in [2.75, 3.05) is 0 Å². The van der Waals surface area contributed by atoms with Gasteiger partial charge in [-0.25, -0.2) is 0 Å². The summed E-state index contributed by atoms with van der Waals surface area (Å²) < 4.78 is 17.4. The van der Waals surface area contributed by atoms with Gasteiger partial charge in [0.05, 0.1) is 0 Å². The van der Waals surface area contributed by atoms with Crippen molar-refractivity contribution < 1.29 is 4.39 Å². The maximum absolute atomic E-state index is 14.7. The van der Waals surface area contributed by atoms with Crippen molar-refractivity contribution in [2.24, 2.45) is 0 Å². The number of hydrogen-bond donors (Lipinski definition) is 0. The van der Waals surface area contributed by atoms with Crippen LogP contribution in [0.5, 0.6) is 0 Å². The standard InChI is InChI=1S/C22H25FSe/c1-3-5-6-19-12-14-22(24-19)20-13-11-18(15-21(20)23)17-9-7-16(4-2)8-10-17/h7-15H,3-6,24H2,1-2H3. The average Bonchev–Trinajstić information content (AvgIpc) is 3.08. The van der Waals surface area contributed by atoms with Gasteiger partial charge in [0.25, 0.3) is 0 Å². The predicted octanol–water partition coefficient (Wildman–Crippen LogP) is 5.65. The fraction of sp³-hybridized carbons (Fsp3) is 0.273. The fourth-order valence-electron chi connectivity index (χ4n) is 2.96. The van der Waals surface area contributed by atoms with Gasteiger partial charge in [-0.2, -0.15) is 0 Å². The summed E-state index contributed by atoms with van der Waals surface area (Å²) in [6.07, 6.45) is 9.03. The second kappa shape index (κ2) is 7.96. The van der Waals surface area contributed by atoms with Crippen LogP contribution in [0, 0.1) is 5.82 Å². The Morgan fingerprint density at radius 2 is 1.67 bits per heavy atom. The van der Waals surface area contributed by atoms with Gasteiger partial charge in [0.1, 0.15) is 0 Å². The summed E-state index contributed by atoms with van der Waals surface area (Å²) >= 11 is -0.334. The van der Waals surface area contributed by atoms with E-state index in [0.29, 0.717) is 0 Å². The second-order valence-electron chi connectivity index (χ2n) is 6.25. The molecule has 2 aromatic rings. The van der Waals surface area contributed by atoms with E-state index < -0.39 is 0 Å². The minimum atomic E-state index is -0.334. The zero-order valence-electron chi connectivity index (χ0n) is 14.4. The molecule has 0 saturated carbocycles. The summed E-state index contributed by atoms with van der Waals surface area (Å²) in [6.45, 7) is 4.36. The Morgan fingerprint density at radius 3 is 2.33 bits per heavy atom. The van der Waals surface area contributed by atoms with Crippen molar-refractivity contribution in [2.45, 2.75) is 39.5 Å². The molecular formula is C22H25FSe. The van der Waals surface area contributed by atoms with Crippen LogP contribution in [0.1, 0.15) is 44.2 Å². The molecule has 0 spiro atoms. The number of benzene rings is 2. The molecule has 0 saturated heterocycles. The molecule has 0 unspecified atom stereocenters. The first kappa shape index (κ1) is 17.2. The van der Waals surface area contributed by atoms with Gasteiger partial charge in [-0.05, 0) is 0 Å². The van der Waals surface area contributed by atoms with E-state index in [1.807, 2.05) is 6.07 Å². The first-order valence-corrected chi connectivity index (χ1v) is 10.9. The van der Waals surface area contributed by atoms with Gasteiger partial charge in [-0.3, -0.25) is 0 Å². The molecule has 1 aliphatic rings. The van der Waals surface area contributed by atoms with Crippen molar-refractivity contribution in [3.8, 4) is 11.1 Å². The van der Waals surface area contributed by atoms with Crippen molar-refractivity contribution in [3.63, 3.8) is 0 Å². The van der Waals surface area contributed by atoms with Crippen molar-refractivity contribution in [1.82, 2.24) is 0 Å². The third-order valence-electron chi connectivity index (χ3n) is 4.50. The Morgan fingerprint density at radius 1 is 0.917 bits per heavy atom. The van der Waals surface area contributed by atoms with Crippen LogP contribution < -0.4 is 0 Å². The Kier molecular flexibility index (Phi) is 5.71. The maximum atomic E-state index is 14.7. The third kappa shape index (κ3) is 3.88. The Bertz CT molecular complexity index is 769. The minimum absolute atomic E-state index is 0.0905. The van der Waals surface area contributed by atoms with E-state index in [4.69, 9.17) is 0 Å². The van der Waals surface area contributed by atoms with Gasteiger partial charge in [0, 0.05) is 0 Å². The van der Waals surface area contributed by atoms with Gasteiger partial charge in [-0.1, -0.05) is 0 Å². The molecule has 1 heterocycles. The monoisotopic (exact) mass is 388 g/mol. The molecule has 1 aliphatic heterocycles. The first-order valence-electron chi connectivity index (χ1n) is 8.78. The number of rotatable bonds is 6. The van der Waals surface area contributed by atoms with Crippen LogP contribution >= 0.6 is 0 Å². The molecule has 2 aromatic carbocycles. The quantitative estimate of drug-likeness (QED) is 0.562. The molecule has 0 aliphatic carbocycles. The third-order valence-corrected chi connectivity index (χ3v) is 7.53. The number of aryl methyl sites for hydroxylation is 1. The van der Waals surface area contributed by atoms with Crippen molar-refractivity contribution in [1.29, 1.82) is 0 Å². The second-order valence-corrected chi connectivity index (χ2v) is 9.25. The molecule has 126 valence electrons. The van der Waals surface area contributed by atoms with E-state index in [0.717, 1.165) is 23.1 Å². The predicted molar refractivity (Wildman–Crippen MR) is 105 cm³/mol. The van der Waals surface area contributed by atoms with E-state index >= 15 is 0 Å². The van der Waals surface area contributed by atoms with Crippen LogP contribution in [0.4, 0.5) is 4.39 Å². The zero-order valence-corrected chi connectivity index (χ0v) is 16.5. The molecule has 0 atom stereocenters. The van der Waals surface area contributed by atoms with Gasteiger partial charge in [0.15, 0.2) is 0 Å². The van der Waals surface area contributed by atoms with Crippen LogP contribution in [0.25, 0.3) is 15.6 Å². The summed E-state index contributed by atoms with van der Waals surface area (Å²) in [6, 6.07) is 14.1. The van der Waals surface area contributed by atoms with Crippen molar-refractivity contribution >= 4 is 19.4 Å². The molecule has 0 N–H and O–H groups in total. The van der Waals surface area contributed by atoms with Crippen LogP contribution in [0.3, 0.4) is 0 Å². The SMILES string of the molecule is CCCCC1=CC=C(c2ccc(-c3ccc(CC)cc3)cc2F)[SeH2]1. The molecule has 0 radical (unpaired) electrons. The molecule has 0 bridgehead atoms. The topological polar surface area (TPSA) is 0 Å². The summed E-state index contributed by atoms with van der Waals surface area (Å²) in [4.78, 5) is 0. The molecular weight excluding hydrogens is 362 g/mol. The molecule has 0 fully saturated rings. The number of hydrogen-bond acceptors (Lipinski definition) is 0. The van der Waals surface area contributed by atoms with E-state index in [1.165, 1.54) is 29.3 Å². The van der Waals surface area contributed by atoms with E-state index in [2.05, 4.69) is 56.3 Å². The summed E-state index contributed by atoms with van der Waals surface area (Å²) in [7, 11) is 0. The van der Waals surface area contributed by atoms with Crippen LogP contribution in [0.2, 0.25) is 0 Å². The van der Waals surface area contributed by atoms with Crippen LogP contribution in [-0.4, -0.2) is 15.0 Å². The summed E-state index contributed by atoms with van der Waals surface area (Å²) in [5.74, 6) is -0.0905. The van der Waals surface area contributed by atoms with Crippen LogP contribution in [0.15, 0.2) is 59.1 Å². The Balaban J connectivity index is 1.76. The van der Waals surface area contributed by atoms with E-state index in [-0.39, 0.29) is 20.8 Å². The van der Waals surface area contributed by atoms with Gasteiger partial charge in [-0.15, -0.1) is 0 Å². The van der Waals surface area contributed by atoms with Gasteiger partial charge < -0.3 is 0 Å². The number of unbranched alkanes of at least 4 members (excludes halogenated alkanes) is 1.